The Kier molecular flexibility index (Phi) is 9.60. The van der Waals surface area contributed by atoms with Gasteiger partial charge in [0, 0.05) is 18.8 Å². The summed E-state index contributed by atoms with van der Waals surface area (Å²) in [5.41, 5.74) is 2.23. The number of aromatic amines is 1. The lowest BCUT2D eigenvalue weighted by molar-refractivity contribution is -0.123. The van der Waals surface area contributed by atoms with Crippen molar-refractivity contribution in [3.05, 3.63) is 64.1 Å². The zero-order chi connectivity index (χ0) is 21.8. The van der Waals surface area contributed by atoms with Crippen LogP contribution in [0.1, 0.15) is 29.9 Å². The molecule has 8 heteroatoms. The maximum Gasteiger partial charge on any atom is 0.290 e. The third-order valence-electron chi connectivity index (χ3n) is 5.12. The van der Waals surface area contributed by atoms with Crippen LogP contribution >= 0.6 is 0 Å². The molecule has 0 unspecified atom stereocenters. The number of aromatic nitrogens is 1. The Morgan fingerprint density at radius 3 is 2.53 bits per heavy atom. The predicted molar refractivity (Wildman–Crippen MR) is 114 cm³/mol. The third-order valence-corrected chi connectivity index (χ3v) is 5.12. The lowest BCUT2D eigenvalue weighted by Crippen LogP contribution is -2.41. The lowest BCUT2D eigenvalue weighted by atomic mass is 9.90. The molecule has 0 atom stereocenters. The Hall–Kier alpha value is -3.13. The number of carboxylic acid groups (broad SMARTS) is 1. The molecule has 0 spiro atoms. The van der Waals surface area contributed by atoms with Gasteiger partial charge >= 0.3 is 0 Å². The van der Waals surface area contributed by atoms with Crippen molar-refractivity contribution in [1.82, 2.24) is 15.2 Å². The molecule has 2 heterocycles. The van der Waals surface area contributed by atoms with Crippen molar-refractivity contribution in [2.24, 2.45) is 0 Å². The highest BCUT2D eigenvalue weighted by Gasteiger charge is 2.22. The van der Waals surface area contributed by atoms with Crippen molar-refractivity contribution in [3.8, 4) is 5.75 Å². The summed E-state index contributed by atoms with van der Waals surface area (Å²) in [4.78, 5) is 36.8. The summed E-state index contributed by atoms with van der Waals surface area (Å²) < 4.78 is 5.15. The summed E-state index contributed by atoms with van der Waals surface area (Å²) in [7, 11) is 1.65. The number of carbonyl (C=O) groups excluding carboxylic acids is 1. The normalized spacial score (nSPS) is 14.3. The average molecular weight is 415 g/mol. The summed E-state index contributed by atoms with van der Waals surface area (Å²) in [6, 6.07) is 11.6. The summed E-state index contributed by atoms with van der Waals surface area (Å²) in [6.45, 7) is 2.58. The lowest BCUT2D eigenvalue weighted by Gasteiger charge is -2.31. The van der Waals surface area contributed by atoms with Crippen LogP contribution in [-0.4, -0.2) is 60.7 Å². The van der Waals surface area contributed by atoms with E-state index in [2.05, 4.69) is 15.2 Å². The molecule has 2 aromatic rings. The number of rotatable bonds is 7. The second kappa shape index (κ2) is 12.4. The van der Waals surface area contributed by atoms with Gasteiger partial charge < -0.3 is 20.1 Å². The highest BCUT2D eigenvalue weighted by Crippen LogP contribution is 2.26. The van der Waals surface area contributed by atoms with Gasteiger partial charge in [-0.1, -0.05) is 12.1 Å². The Morgan fingerprint density at radius 1 is 1.27 bits per heavy atom. The van der Waals surface area contributed by atoms with Gasteiger partial charge in [-0.3, -0.25) is 19.3 Å². The second-order valence-electron chi connectivity index (χ2n) is 7.09. The molecule has 30 heavy (non-hydrogen) atoms. The molecule has 1 aromatic carbocycles. The number of nitrogens with one attached hydrogen (secondary N) is 2. The number of hydrogen-bond acceptors (Lipinski definition) is 5. The quantitative estimate of drug-likeness (QED) is 0.593. The van der Waals surface area contributed by atoms with E-state index in [1.54, 1.807) is 19.4 Å². The summed E-state index contributed by atoms with van der Waals surface area (Å²) >= 11 is 0. The zero-order valence-electron chi connectivity index (χ0n) is 17.2. The van der Waals surface area contributed by atoms with Gasteiger partial charge in [-0.25, -0.2) is 0 Å². The third kappa shape index (κ3) is 7.71. The molecule has 0 aliphatic carbocycles. The van der Waals surface area contributed by atoms with Crippen LogP contribution in [0.15, 0.2) is 47.4 Å². The topological polar surface area (TPSA) is 112 Å². The number of nitrogens with zero attached hydrogens (tertiary/aromatic N) is 1. The summed E-state index contributed by atoms with van der Waals surface area (Å²) in [6.07, 6.45) is 4.46. The molecule has 0 saturated carbocycles. The van der Waals surface area contributed by atoms with Gasteiger partial charge in [0.15, 0.2) is 0 Å². The van der Waals surface area contributed by atoms with Gasteiger partial charge in [0.1, 0.15) is 5.75 Å². The summed E-state index contributed by atoms with van der Waals surface area (Å²) in [5.74, 6) is 1.31. The van der Waals surface area contributed by atoms with Crippen molar-refractivity contribution < 1.29 is 19.4 Å². The van der Waals surface area contributed by atoms with Gasteiger partial charge in [0.2, 0.25) is 11.5 Å². The van der Waals surface area contributed by atoms with Crippen molar-refractivity contribution in [1.29, 1.82) is 0 Å². The van der Waals surface area contributed by atoms with Crippen LogP contribution in [0.4, 0.5) is 0 Å². The monoisotopic (exact) mass is 415 g/mol. The number of H-pyrrole nitrogens is 1. The number of hydrogen-bond donors (Lipinski definition) is 3. The highest BCUT2D eigenvalue weighted by molar-refractivity contribution is 5.78. The standard InChI is InChI=1S/C21H27N3O3.CH2O2/c1-27-19-4-2-16(3-5-19)6-10-23-21(26)15-24-12-8-17(9-13-24)18-7-11-22-20(25)14-18;2-1-3/h2-5,7,11,14,17H,6,8-10,12-13,15H2,1H3,(H,22,25)(H,23,26);1H,(H,2,3). The van der Waals surface area contributed by atoms with Gasteiger partial charge in [-0.05, 0) is 67.6 Å². The van der Waals surface area contributed by atoms with E-state index in [-0.39, 0.29) is 17.9 Å². The van der Waals surface area contributed by atoms with Crippen LogP contribution in [0.25, 0.3) is 0 Å². The molecule has 162 valence electrons. The minimum Gasteiger partial charge on any atom is -0.497 e. The average Bonchev–Trinajstić information content (AvgIpc) is 2.75. The number of benzene rings is 1. The van der Waals surface area contributed by atoms with E-state index < -0.39 is 0 Å². The minimum atomic E-state index is -0.250. The first kappa shape index (κ1) is 23.2. The molecule has 0 bridgehead atoms. The molecular weight excluding hydrogens is 386 g/mol. The SMILES string of the molecule is COc1ccc(CCNC(=O)CN2CCC(c3cc[nH]c(=O)c3)CC2)cc1.O=CO. The van der Waals surface area contributed by atoms with E-state index in [0.717, 1.165) is 43.7 Å². The number of pyridine rings is 1. The Balaban J connectivity index is 0.00000101. The van der Waals surface area contributed by atoms with E-state index in [1.807, 2.05) is 30.3 Å². The molecule has 1 fully saturated rings. The molecule has 3 N–H and O–H groups in total. The fraction of sp³-hybridized carbons (Fsp3) is 0.409. The molecule has 1 aliphatic rings. The van der Waals surface area contributed by atoms with Crippen molar-refractivity contribution in [2.75, 3.05) is 33.3 Å². The fourth-order valence-corrected chi connectivity index (χ4v) is 3.54. The van der Waals surface area contributed by atoms with Crippen LogP contribution in [0.5, 0.6) is 5.75 Å². The van der Waals surface area contributed by atoms with Crippen LogP contribution < -0.4 is 15.6 Å². The fourth-order valence-electron chi connectivity index (χ4n) is 3.54. The predicted octanol–water partition coefficient (Wildman–Crippen LogP) is 1.62. The number of carbonyl (C=O) groups is 2. The number of methoxy groups -OCH3 is 1. The van der Waals surface area contributed by atoms with Crippen LogP contribution in [-0.2, 0) is 16.0 Å². The van der Waals surface area contributed by atoms with Crippen molar-refractivity contribution in [3.63, 3.8) is 0 Å². The highest BCUT2D eigenvalue weighted by atomic mass is 16.5. The van der Waals surface area contributed by atoms with Crippen molar-refractivity contribution >= 4 is 12.4 Å². The van der Waals surface area contributed by atoms with Gasteiger partial charge in [0.25, 0.3) is 6.47 Å². The zero-order valence-corrected chi connectivity index (χ0v) is 17.2. The number of ether oxygens (including phenoxy) is 1. The Labute approximate surface area is 175 Å². The Morgan fingerprint density at radius 2 is 1.93 bits per heavy atom. The van der Waals surface area contributed by atoms with Gasteiger partial charge in [0.05, 0.1) is 13.7 Å². The second-order valence-corrected chi connectivity index (χ2v) is 7.09. The number of amides is 1. The maximum absolute atomic E-state index is 12.2. The molecule has 1 amide bonds. The molecular formula is C22H29N3O5. The van der Waals surface area contributed by atoms with E-state index in [9.17, 15) is 9.59 Å². The number of likely N-dealkylation sites (tertiary alicyclic amines) is 1. The molecule has 8 nitrogen and oxygen atoms in total. The maximum atomic E-state index is 12.2. The molecule has 3 rings (SSSR count). The van der Waals surface area contributed by atoms with Gasteiger partial charge in [-0.2, -0.15) is 0 Å². The molecule has 1 aromatic heterocycles. The van der Waals surface area contributed by atoms with Crippen LogP contribution in [0.2, 0.25) is 0 Å². The molecule has 1 aliphatic heterocycles. The van der Waals surface area contributed by atoms with Crippen LogP contribution in [0, 0.1) is 0 Å². The first-order valence-corrected chi connectivity index (χ1v) is 9.94. The largest absolute Gasteiger partial charge is 0.497 e. The Bertz CT molecular complexity index is 842. The van der Waals surface area contributed by atoms with E-state index in [1.165, 1.54) is 5.56 Å². The first-order chi connectivity index (χ1) is 14.5. The van der Waals surface area contributed by atoms with E-state index >= 15 is 0 Å². The number of piperidine rings is 1. The minimum absolute atomic E-state index is 0.0498. The van der Waals surface area contributed by atoms with E-state index in [4.69, 9.17) is 14.6 Å². The molecule has 1 saturated heterocycles. The first-order valence-electron chi connectivity index (χ1n) is 9.94. The summed E-state index contributed by atoms with van der Waals surface area (Å²) in [5, 5.41) is 9.89. The van der Waals surface area contributed by atoms with Crippen LogP contribution in [0.3, 0.4) is 0 Å². The molecule has 0 radical (unpaired) electrons. The van der Waals surface area contributed by atoms with Gasteiger partial charge in [-0.15, -0.1) is 0 Å². The smallest absolute Gasteiger partial charge is 0.290 e. The van der Waals surface area contributed by atoms with E-state index in [0.29, 0.717) is 19.0 Å². The van der Waals surface area contributed by atoms with Crippen molar-refractivity contribution in [2.45, 2.75) is 25.2 Å².